The van der Waals surface area contributed by atoms with Crippen molar-refractivity contribution in [3.05, 3.63) is 51.8 Å². The molecular formula is C17H18N2O3S2. The lowest BCUT2D eigenvalue weighted by molar-refractivity contribution is 0.0247. The van der Waals surface area contributed by atoms with E-state index in [4.69, 9.17) is 4.42 Å². The monoisotopic (exact) mass is 362 g/mol. The Kier molecular flexibility index (Phi) is 4.93. The van der Waals surface area contributed by atoms with Crippen LogP contribution in [0.25, 0.3) is 11.0 Å². The Morgan fingerprint density at radius 3 is 2.83 bits per heavy atom. The first-order valence-corrected chi connectivity index (χ1v) is 9.39. The van der Waals surface area contributed by atoms with E-state index in [9.17, 15) is 9.90 Å². The van der Waals surface area contributed by atoms with Crippen LogP contribution >= 0.6 is 23.3 Å². The van der Waals surface area contributed by atoms with Crippen LogP contribution in [0.2, 0.25) is 0 Å². The van der Waals surface area contributed by atoms with Gasteiger partial charge in [0, 0.05) is 21.7 Å². The summed E-state index contributed by atoms with van der Waals surface area (Å²) in [7, 11) is 0. The number of aromatic nitrogens is 1. The van der Waals surface area contributed by atoms with Crippen molar-refractivity contribution in [2.75, 3.05) is 4.72 Å². The van der Waals surface area contributed by atoms with Crippen LogP contribution < -0.4 is 10.3 Å². The second kappa shape index (κ2) is 6.96. The number of rotatable bonds is 6. The molecule has 0 spiro atoms. The predicted molar refractivity (Wildman–Crippen MR) is 98.6 cm³/mol. The van der Waals surface area contributed by atoms with Crippen LogP contribution in [0, 0.1) is 0 Å². The van der Waals surface area contributed by atoms with E-state index in [2.05, 4.69) is 9.71 Å². The summed E-state index contributed by atoms with van der Waals surface area (Å²) in [5, 5.41) is 14.0. The SMILES string of the molecule is CCC(O)(CC)c1csc(NSc2ccc3oc(=O)ccc3c2)n1. The van der Waals surface area contributed by atoms with Crippen LogP contribution in [-0.2, 0) is 5.60 Å². The van der Waals surface area contributed by atoms with Crippen molar-refractivity contribution in [2.24, 2.45) is 0 Å². The number of benzene rings is 1. The molecule has 24 heavy (non-hydrogen) atoms. The van der Waals surface area contributed by atoms with E-state index in [0.717, 1.165) is 15.4 Å². The number of hydrogen-bond donors (Lipinski definition) is 2. The van der Waals surface area contributed by atoms with E-state index >= 15 is 0 Å². The summed E-state index contributed by atoms with van der Waals surface area (Å²) in [6.07, 6.45) is 1.27. The molecule has 3 aromatic rings. The Hall–Kier alpha value is -1.83. The minimum absolute atomic E-state index is 0.351. The van der Waals surface area contributed by atoms with Crippen LogP contribution in [0.1, 0.15) is 32.4 Å². The first-order chi connectivity index (χ1) is 11.5. The highest BCUT2D eigenvalue weighted by Crippen LogP contribution is 2.33. The van der Waals surface area contributed by atoms with E-state index < -0.39 is 5.60 Å². The molecule has 1 aromatic carbocycles. The van der Waals surface area contributed by atoms with Crippen molar-refractivity contribution in [1.82, 2.24) is 4.98 Å². The molecule has 0 unspecified atom stereocenters. The van der Waals surface area contributed by atoms with Gasteiger partial charge in [0.25, 0.3) is 0 Å². The van der Waals surface area contributed by atoms with Crippen LogP contribution in [0.4, 0.5) is 5.13 Å². The minimum atomic E-state index is -0.860. The summed E-state index contributed by atoms with van der Waals surface area (Å²) in [5.74, 6) is 0. The number of nitrogens with one attached hydrogen (secondary N) is 1. The maximum atomic E-state index is 11.2. The highest BCUT2D eigenvalue weighted by Gasteiger charge is 2.27. The number of hydrogen-bond acceptors (Lipinski definition) is 7. The van der Waals surface area contributed by atoms with Gasteiger partial charge in [-0.1, -0.05) is 13.8 Å². The molecule has 0 aliphatic rings. The van der Waals surface area contributed by atoms with Crippen LogP contribution in [-0.4, -0.2) is 10.1 Å². The summed E-state index contributed by atoms with van der Waals surface area (Å²) in [4.78, 5) is 16.7. The molecule has 0 aliphatic carbocycles. The average Bonchev–Trinajstić information content (AvgIpc) is 3.09. The van der Waals surface area contributed by atoms with Gasteiger partial charge in [0.05, 0.1) is 5.69 Å². The molecule has 126 valence electrons. The van der Waals surface area contributed by atoms with Gasteiger partial charge < -0.3 is 14.2 Å². The van der Waals surface area contributed by atoms with Gasteiger partial charge in [-0.25, -0.2) is 9.78 Å². The fourth-order valence-corrected chi connectivity index (χ4v) is 3.90. The minimum Gasteiger partial charge on any atom is -0.423 e. The van der Waals surface area contributed by atoms with E-state index in [1.807, 2.05) is 31.4 Å². The summed E-state index contributed by atoms with van der Waals surface area (Å²) in [6, 6.07) is 8.76. The normalized spacial score (nSPS) is 11.8. The van der Waals surface area contributed by atoms with Gasteiger partial charge in [0.15, 0.2) is 5.13 Å². The largest absolute Gasteiger partial charge is 0.423 e. The molecule has 7 heteroatoms. The van der Waals surface area contributed by atoms with Crippen LogP contribution in [0.15, 0.2) is 49.8 Å². The Morgan fingerprint density at radius 1 is 1.29 bits per heavy atom. The zero-order valence-electron chi connectivity index (χ0n) is 13.4. The zero-order chi connectivity index (χ0) is 17.2. The van der Waals surface area contributed by atoms with Crippen molar-refractivity contribution >= 4 is 39.4 Å². The van der Waals surface area contributed by atoms with Gasteiger partial charge in [0.2, 0.25) is 0 Å². The molecule has 0 amide bonds. The molecule has 0 saturated carbocycles. The molecule has 3 rings (SSSR count). The standard InChI is InChI=1S/C17H18N2O3S2/c1-3-17(21,4-2)14-10-23-16(18-14)19-24-12-6-7-13-11(9-12)5-8-15(20)22-13/h5-10,21H,3-4H2,1-2H3,(H,18,19). The second-order valence-electron chi connectivity index (χ2n) is 5.43. The Balaban J connectivity index is 1.73. The van der Waals surface area contributed by atoms with Crippen molar-refractivity contribution in [2.45, 2.75) is 37.2 Å². The molecule has 0 bridgehead atoms. The fraction of sp³-hybridized carbons (Fsp3) is 0.294. The number of thiazole rings is 1. The molecule has 0 fully saturated rings. The molecule has 2 aromatic heterocycles. The third-order valence-corrected chi connectivity index (χ3v) is 5.67. The molecule has 0 radical (unpaired) electrons. The highest BCUT2D eigenvalue weighted by molar-refractivity contribution is 8.00. The molecule has 0 saturated heterocycles. The quantitative estimate of drug-likeness (QED) is 0.501. The molecule has 0 atom stereocenters. The van der Waals surface area contributed by atoms with E-state index in [0.29, 0.717) is 24.1 Å². The second-order valence-corrected chi connectivity index (χ2v) is 7.17. The van der Waals surface area contributed by atoms with E-state index in [-0.39, 0.29) is 5.63 Å². The molecule has 0 aliphatic heterocycles. The highest BCUT2D eigenvalue weighted by atomic mass is 32.2. The number of fused-ring (bicyclic) bond motifs is 1. The smallest absolute Gasteiger partial charge is 0.336 e. The van der Waals surface area contributed by atoms with Crippen molar-refractivity contribution in [1.29, 1.82) is 0 Å². The lowest BCUT2D eigenvalue weighted by Gasteiger charge is -2.22. The van der Waals surface area contributed by atoms with E-state index in [1.165, 1.54) is 29.4 Å². The number of aliphatic hydroxyl groups is 1. The molecular weight excluding hydrogens is 344 g/mol. The maximum Gasteiger partial charge on any atom is 0.336 e. The summed E-state index contributed by atoms with van der Waals surface area (Å²) >= 11 is 2.90. The molecule has 2 heterocycles. The van der Waals surface area contributed by atoms with Gasteiger partial charge >= 0.3 is 5.63 Å². The molecule has 2 N–H and O–H groups in total. The Bertz CT molecular complexity index is 900. The number of nitrogens with zero attached hydrogens (tertiary/aromatic N) is 1. The van der Waals surface area contributed by atoms with E-state index in [1.54, 1.807) is 12.1 Å². The summed E-state index contributed by atoms with van der Waals surface area (Å²) in [6.45, 7) is 3.91. The lowest BCUT2D eigenvalue weighted by atomic mass is 9.94. The van der Waals surface area contributed by atoms with Gasteiger partial charge in [-0.05, 0) is 49.1 Å². The first-order valence-electron chi connectivity index (χ1n) is 7.69. The van der Waals surface area contributed by atoms with Crippen LogP contribution in [0.5, 0.6) is 0 Å². The van der Waals surface area contributed by atoms with Crippen molar-refractivity contribution < 1.29 is 9.52 Å². The van der Waals surface area contributed by atoms with Crippen molar-refractivity contribution in [3.63, 3.8) is 0 Å². The zero-order valence-corrected chi connectivity index (χ0v) is 15.0. The topological polar surface area (TPSA) is 75.4 Å². The van der Waals surface area contributed by atoms with Gasteiger partial charge in [-0.2, -0.15) is 0 Å². The first kappa shape index (κ1) is 17.0. The third-order valence-electron chi connectivity index (χ3n) is 4.00. The van der Waals surface area contributed by atoms with Gasteiger partial charge in [-0.3, -0.25) is 0 Å². The number of anilines is 1. The maximum absolute atomic E-state index is 11.2. The average molecular weight is 362 g/mol. The molecule has 5 nitrogen and oxygen atoms in total. The van der Waals surface area contributed by atoms with Crippen molar-refractivity contribution in [3.8, 4) is 0 Å². The Labute approximate surface area is 147 Å². The Morgan fingerprint density at radius 2 is 2.08 bits per heavy atom. The summed E-state index contributed by atoms with van der Waals surface area (Å²) in [5.41, 5.74) is 0.0672. The fourth-order valence-electron chi connectivity index (χ4n) is 2.36. The third kappa shape index (κ3) is 3.48. The van der Waals surface area contributed by atoms with Gasteiger partial charge in [0.1, 0.15) is 11.2 Å². The van der Waals surface area contributed by atoms with Gasteiger partial charge in [-0.15, -0.1) is 11.3 Å². The van der Waals surface area contributed by atoms with Crippen LogP contribution in [0.3, 0.4) is 0 Å². The lowest BCUT2D eigenvalue weighted by Crippen LogP contribution is -2.23. The summed E-state index contributed by atoms with van der Waals surface area (Å²) < 4.78 is 8.32. The predicted octanol–water partition coefficient (Wildman–Crippen LogP) is 4.38.